The summed E-state index contributed by atoms with van der Waals surface area (Å²) in [6, 6.07) is 4.10. The van der Waals surface area contributed by atoms with E-state index < -0.39 is 23.4 Å². The van der Waals surface area contributed by atoms with Crippen LogP contribution in [0.2, 0.25) is 10.0 Å². The van der Waals surface area contributed by atoms with Crippen LogP contribution in [0.3, 0.4) is 0 Å². The number of alkyl halides is 3. The fraction of sp³-hybridized carbons (Fsp3) is 0.333. The Hall–Kier alpha value is -1.37. The number of aromatic nitrogens is 2. The van der Waals surface area contributed by atoms with Crippen molar-refractivity contribution in [3.63, 3.8) is 0 Å². The molecule has 0 aliphatic carbocycles. The Labute approximate surface area is 141 Å². The van der Waals surface area contributed by atoms with Crippen molar-refractivity contribution in [2.45, 2.75) is 31.5 Å². The smallest absolute Gasteiger partial charge is 0.375 e. The van der Waals surface area contributed by atoms with Crippen molar-refractivity contribution in [3.8, 4) is 0 Å². The first-order valence-electron chi connectivity index (χ1n) is 6.60. The Morgan fingerprint density at radius 1 is 1.17 bits per heavy atom. The largest absolute Gasteiger partial charge is 0.423 e. The minimum atomic E-state index is -4.97. The highest BCUT2D eigenvalue weighted by Crippen LogP contribution is 2.49. The van der Waals surface area contributed by atoms with Gasteiger partial charge in [-0.3, -0.25) is 9.97 Å². The van der Waals surface area contributed by atoms with Crippen LogP contribution in [0.4, 0.5) is 13.2 Å². The van der Waals surface area contributed by atoms with Crippen LogP contribution in [0.15, 0.2) is 30.6 Å². The van der Waals surface area contributed by atoms with E-state index in [1.165, 1.54) is 38.2 Å². The molecule has 0 unspecified atom stereocenters. The topological polar surface area (TPSA) is 46.0 Å². The quantitative estimate of drug-likeness (QED) is 0.862. The minimum absolute atomic E-state index is 0.0355. The molecule has 8 heteroatoms. The Bertz CT molecular complexity index is 724. The zero-order valence-corrected chi connectivity index (χ0v) is 13.7. The van der Waals surface area contributed by atoms with Gasteiger partial charge in [0.25, 0.3) is 0 Å². The zero-order chi connectivity index (χ0) is 17.4. The van der Waals surface area contributed by atoms with Crippen LogP contribution >= 0.6 is 23.2 Å². The summed E-state index contributed by atoms with van der Waals surface area (Å²) in [7, 11) is 0. The maximum Gasteiger partial charge on any atom is 0.423 e. The van der Waals surface area contributed by atoms with Crippen LogP contribution in [0.5, 0.6) is 0 Å². The number of hydrogen-bond donors (Lipinski definition) is 1. The maximum absolute atomic E-state index is 13.7. The molecule has 0 saturated carbocycles. The van der Waals surface area contributed by atoms with Gasteiger partial charge in [-0.25, -0.2) is 0 Å². The number of nitrogens with zero attached hydrogens (tertiary/aromatic N) is 2. The second-order valence-corrected chi connectivity index (χ2v) is 6.04. The molecule has 0 spiro atoms. The van der Waals surface area contributed by atoms with Crippen LogP contribution in [0.1, 0.15) is 29.8 Å². The van der Waals surface area contributed by atoms with Gasteiger partial charge >= 0.3 is 6.18 Å². The van der Waals surface area contributed by atoms with Gasteiger partial charge in [0, 0.05) is 22.2 Å². The van der Waals surface area contributed by atoms with Gasteiger partial charge in [0.15, 0.2) is 0 Å². The van der Waals surface area contributed by atoms with Crippen LogP contribution in [0.25, 0.3) is 0 Å². The highest BCUT2D eigenvalue weighted by molar-refractivity contribution is 6.35. The summed E-state index contributed by atoms with van der Waals surface area (Å²) in [6.45, 7) is 2.72. The molecule has 1 heterocycles. The van der Waals surface area contributed by atoms with Gasteiger partial charge in [0.1, 0.15) is 5.69 Å². The lowest BCUT2D eigenvalue weighted by atomic mass is 9.80. The van der Waals surface area contributed by atoms with Gasteiger partial charge in [-0.2, -0.15) is 13.2 Å². The number of aryl methyl sites for hydroxylation is 1. The number of hydrogen-bond acceptors (Lipinski definition) is 3. The van der Waals surface area contributed by atoms with Gasteiger partial charge in [0.05, 0.1) is 11.9 Å². The normalized spacial score (nSPS) is 16.0. The molecule has 0 fully saturated rings. The Morgan fingerprint density at radius 2 is 1.83 bits per heavy atom. The molecule has 0 amide bonds. The molecule has 1 aromatic carbocycles. The lowest BCUT2D eigenvalue weighted by Crippen LogP contribution is -2.47. The van der Waals surface area contributed by atoms with E-state index in [1.54, 1.807) is 0 Å². The highest BCUT2D eigenvalue weighted by Gasteiger charge is 2.60. The predicted octanol–water partition coefficient (Wildman–Crippen LogP) is 4.65. The van der Waals surface area contributed by atoms with Crippen LogP contribution in [-0.2, 0) is 5.60 Å². The SMILES string of the molecule is Cc1cncc([C@](O)([C@H](C)c2ccc(Cl)cc2Cl)C(F)(F)F)n1. The van der Waals surface area contributed by atoms with Gasteiger partial charge in [-0.1, -0.05) is 36.2 Å². The summed E-state index contributed by atoms with van der Waals surface area (Å²) in [4.78, 5) is 7.50. The number of aliphatic hydroxyl groups is 1. The third-order valence-corrected chi connectivity index (χ3v) is 4.20. The van der Waals surface area contributed by atoms with Gasteiger partial charge < -0.3 is 5.11 Å². The zero-order valence-electron chi connectivity index (χ0n) is 12.2. The van der Waals surface area contributed by atoms with Gasteiger partial charge in [-0.05, 0) is 24.6 Å². The summed E-state index contributed by atoms with van der Waals surface area (Å²) in [6.07, 6.45) is -2.76. The lowest BCUT2D eigenvalue weighted by Gasteiger charge is -2.35. The van der Waals surface area contributed by atoms with E-state index in [4.69, 9.17) is 23.2 Å². The monoisotopic (exact) mass is 364 g/mol. The standard InChI is InChI=1S/C15H13Cl2F3N2O/c1-8-6-21-7-13(22-8)14(23,15(18,19)20)9(2)11-4-3-10(16)5-12(11)17/h3-7,9,23H,1-2H3/t9-,14-/m1/s1. The minimum Gasteiger partial charge on any atom is -0.375 e. The van der Waals surface area contributed by atoms with Crippen molar-refractivity contribution in [2.24, 2.45) is 0 Å². The molecular formula is C15H13Cl2F3N2O. The number of rotatable bonds is 3. The predicted molar refractivity (Wildman–Crippen MR) is 81.6 cm³/mol. The fourth-order valence-electron chi connectivity index (χ4n) is 2.34. The second-order valence-electron chi connectivity index (χ2n) is 5.20. The summed E-state index contributed by atoms with van der Waals surface area (Å²) < 4.78 is 41.0. The van der Waals surface area contributed by atoms with Crippen molar-refractivity contribution in [3.05, 3.63) is 57.6 Å². The van der Waals surface area contributed by atoms with E-state index in [0.717, 1.165) is 6.20 Å². The lowest BCUT2D eigenvalue weighted by molar-refractivity contribution is -0.276. The van der Waals surface area contributed by atoms with Crippen LogP contribution in [0, 0.1) is 6.92 Å². The van der Waals surface area contributed by atoms with E-state index in [9.17, 15) is 18.3 Å². The Kier molecular flexibility index (Phi) is 4.89. The molecule has 0 radical (unpaired) electrons. The third-order valence-electron chi connectivity index (χ3n) is 3.63. The van der Waals surface area contributed by atoms with E-state index in [-0.39, 0.29) is 21.3 Å². The van der Waals surface area contributed by atoms with E-state index in [0.29, 0.717) is 0 Å². The van der Waals surface area contributed by atoms with Crippen molar-refractivity contribution in [1.82, 2.24) is 9.97 Å². The summed E-state index contributed by atoms with van der Waals surface area (Å²) in [5.41, 5.74) is -3.44. The molecule has 1 N–H and O–H groups in total. The van der Waals surface area contributed by atoms with E-state index in [1.807, 2.05) is 0 Å². The second kappa shape index (κ2) is 6.26. The van der Waals surface area contributed by atoms with Gasteiger partial charge in [-0.15, -0.1) is 0 Å². The molecule has 23 heavy (non-hydrogen) atoms. The average molecular weight is 365 g/mol. The van der Waals surface area contributed by atoms with Crippen molar-refractivity contribution >= 4 is 23.2 Å². The molecule has 0 aliphatic rings. The Morgan fingerprint density at radius 3 is 2.35 bits per heavy atom. The molecule has 0 bridgehead atoms. The molecule has 0 saturated heterocycles. The Balaban J connectivity index is 2.63. The van der Waals surface area contributed by atoms with Crippen LogP contribution < -0.4 is 0 Å². The van der Waals surface area contributed by atoms with E-state index >= 15 is 0 Å². The first kappa shape index (κ1) is 18.0. The van der Waals surface area contributed by atoms with Crippen molar-refractivity contribution < 1.29 is 18.3 Å². The first-order valence-corrected chi connectivity index (χ1v) is 7.36. The molecule has 3 nitrogen and oxygen atoms in total. The maximum atomic E-state index is 13.7. The molecule has 0 aliphatic heterocycles. The van der Waals surface area contributed by atoms with E-state index in [2.05, 4.69) is 9.97 Å². The molecule has 2 atom stereocenters. The summed E-state index contributed by atoms with van der Waals surface area (Å²) in [5, 5.41) is 10.9. The first-order chi connectivity index (χ1) is 10.6. The highest BCUT2D eigenvalue weighted by atomic mass is 35.5. The molecule has 124 valence electrons. The molecule has 1 aromatic heterocycles. The van der Waals surface area contributed by atoms with Crippen LogP contribution in [-0.4, -0.2) is 21.3 Å². The average Bonchev–Trinajstić information content (AvgIpc) is 2.44. The number of benzene rings is 1. The summed E-state index contributed by atoms with van der Waals surface area (Å²) >= 11 is 11.8. The number of halogens is 5. The molecular weight excluding hydrogens is 352 g/mol. The molecule has 2 aromatic rings. The molecule has 2 rings (SSSR count). The van der Waals surface area contributed by atoms with Crippen molar-refractivity contribution in [1.29, 1.82) is 0 Å². The van der Waals surface area contributed by atoms with Gasteiger partial charge in [0.2, 0.25) is 5.60 Å². The third kappa shape index (κ3) is 3.29. The van der Waals surface area contributed by atoms with Crippen molar-refractivity contribution in [2.75, 3.05) is 0 Å². The fourth-order valence-corrected chi connectivity index (χ4v) is 2.91. The summed E-state index contributed by atoms with van der Waals surface area (Å²) in [5.74, 6) is -1.41.